The van der Waals surface area contributed by atoms with Crippen LogP contribution < -0.4 is 0 Å². The average Bonchev–Trinajstić information content (AvgIpc) is 2.69. The van der Waals surface area contributed by atoms with Crippen LogP contribution in [0.15, 0.2) is 35.2 Å². The maximum atomic E-state index is 14.0. The minimum Gasteiger partial charge on any atom is -0.336 e. The van der Waals surface area contributed by atoms with Gasteiger partial charge >= 0.3 is 0 Å². The van der Waals surface area contributed by atoms with Crippen molar-refractivity contribution in [1.82, 2.24) is 9.21 Å². The molecule has 2 aromatic rings. The SMILES string of the molecule is Cc1c(F)cc(C(=O)N2CCN(S(=O)(=O)c3ccc(F)cc3F)CC2)cc1[N+](=O)[O-]. The monoisotopic (exact) mass is 443 g/mol. The highest BCUT2D eigenvalue weighted by Gasteiger charge is 2.33. The van der Waals surface area contributed by atoms with Gasteiger partial charge in [-0.2, -0.15) is 4.31 Å². The summed E-state index contributed by atoms with van der Waals surface area (Å²) in [6.45, 7) is 0.678. The van der Waals surface area contributed by atoms with E-state index in [0.717, 1.165) is 28.6 Å². The summed E-state index contributed by atoms with van der Waals surface area (Å²) in [5.41, 5.74) is -0.967. The molecule has 30 heavy (non-hydrogen) atoms. The number of nitro groups is 1. The molecule has 0 spiro atoms. The molecule has 0 bridgehead atoms. The molecule has 2 aromatic carbocycles. The lowest BCUT2D eigenvalue weighted by molar-refractivity contribution is -0.385. The minimum atomic E-state index is -4.25. The Morgan fingerprint density at radius 1 is 1.03 bits per heavy atom. The molecular weight excluding hydrogens is 427 g/mol. The number of benzene rings is 2. The molecule has 0 aliphatic carbocycles. The van der Waals surface area contributed by atoms with Crippen LogP contribution >= 0.6 is 0 Å². The van der Waals surface area contributed by atoms with Crippen molar-refractivity contribution in [1.29, 1.82) is 0 Å². The Morgan fingerprint density at radius 3 is 2.23 bits per heavy atom. The number of hydrogen-bond acceptors (Lipinski definition) is 5. The van der Waals surface area contributed by atoms with Crippen LogP contribution in [0.25, 0.3) is 0 Å². The molecule has 0 atom stereocenters. The normalized spacial score (nSPS) is 15.3. The first-order valence-electron chi connectivity index (χ1n) is 8.71. The van der Waals surface area contributed by atoms with E-state index in [1.54, 1.807) is 0 Å². The van der Waals surface area contributed by atoms with Gasteiger partial charge in [-0.15, -0.1) is 0 Å². The van der Waals surface area contributed by atoms with Gasteiger partial charge in [-0.25, -0.2) is 21.6 Å². The quantitative estimate of drug-likeness (QED) is 0.534. The number of piperazine rings is 1. The summed E-state index contributed by atoms with van der Waals surface area (Å²) >= 11 is 0. The molecule has 8 nitrogen and oxygen atoms in total. The number of carbonyl (C=O) groups excluding carboxylic acids is 1. The Bertz CT molecular complexity index is 1130. The molecule has 1 saturated heterocycles. The van der Waals surface area contributed by atoms with Crippen LogP contribution in [0.2, 0.25) is 0 Å². The van der Waals surface area contributed by atoms with Crippen molar-refractivity contribution in [2.75, 3.05) is 26.2 Å². The Labute approximate surface area is 169 Å². The van der Waals surface area contributed by atoms with Crippen molar-refractivity contribution < 1.29 is 31.3 Å². The van der Waals surface area contributed by atoms with E-state index in [0.29, 0.717) is 6.07 Å². The lowest BCUT2D eigenvalue weighted by atomic mass is 10.1. The van der Waals surface area contributed by atoms with E-state index in [1.807, 2.05) is 0 Å². The van der Waals surface area contributed by atoms with Crippen molar-refractivity contribution in [3.63, 3.8) is 0 Å². The number of amides is 1. The zero-order valence-corrected chi connectivity index (χ0v) is 16.5. The average molecular weight is 443 g/mol. The molecule has 0 aromatic heterocycles. The highest BCUT2D eigenvalue weighted by molar-refractivity contribution is 7.89. The van der Waals surface area contributed by atoms with Crippen LogP contribution in [-0.4, -0.2) is 54.6 Å². The molecule has 1 heterocycles. The van der Waals surface area contributed by atoms with E-state index >= 15 is 0 Å². The number of hydrogen-bond donors (Lipinski definition) is 0. The van der Waals surface area contributed by atoms with Gasteiger partial charge < -0.3 is 4.90 Å². The molecule has 0 N–H and O–H groups in total. The zero-order valence-electron chi connectivity index (χ0n) is 15.6. The molecule has 160 valence electrons. The minimum absolute atomic E-state index is 0.0931. The third kappa shape index (κ3) is 4.00. The Kier molecular flexibility index (Phi) is 5.81. The Balaban J connectivity index is 1.77. The van der Waals surface area contributed by atoms with E-state index in [4.69, 9.17) is 0 Å². The van der Waals surface area contributed by atoms with Gasteiger partial charge in [-0.1, -0.05) is 0 Å². The lowest BCUT2D eigenvalue weighted by Crippen LogP contribution is -2.50. The van der Waals surface area contributed by atoms with Gasteiger partial charge in [0.05, 0.1) is 10.5 Å². The van der Waals surface area contributed by atoms with Gasteiger partial charge in [0.25, 0.3) is 11.6 Å². The highest BCUT2D eigenvalue weighted by atomic mass is 32.2. The van der Waals surface area contributed by atoms with E-state index < -0.39 is 48.9 Å². The van der Waals surface area contributed by atoms with Crippen molar-refractivity contribution >= 4 is 21.6 Å². The van der Waals surface area contributed by atoms with Crippen molar-refractivity contribution in [2.45, 2.75) is 11.8 Å². The first-order chi connectivity index (χ1) is 14.0. The topological polar surface area (TPSA) is 101 Å². The molecule has 1 fully saturated rings. The number of carbonyl (C=O) groups is 1. The molecule has 3 rings (SSSR count). The summed E-state index contributed by atoms with van der Waals surface area (Å²) in [5, 5.41) is 11.0. The summed E-state index contributed by atoms with van der Waals surface area (Å²) in [5.74, 6) is -3.74. The van der Waals surface area contributed by atoms with Crippen LogP contribution in [0.4, 0.5) is 18.9 Å². The Morgan fingerprint density at radius 2 is 1.67 bits per heavy atom. The third-order valence-electron chi connectivity index (χ3n) is 4.80. The van der Waals surface area contributed by atoms with Crippen LogP contribution in [0.3, 0.4) is 0 Å². The predicted octanol–water partition coefficient (Wildman–Crippen LogP) is 2.47. The maximum Gasteiger partial charge on any atom is 0.276 e. The number of rotatable bonds is 4. The predicted molar refractivity (Wildman–Crippen MR) is 98.8 cm³/mol. The summed E-state index contributed by atoms with van der Waals surface area (Å²) in [7, 11) is -4.25. The highest BCUT2D eigenvalue weighted by Crippen LogP contribution is 2.25. The van der Waals surface area contributed by atoms with E-state index in [-0.39, 0.29) is 37.3 Å². The standard InChI is InChI=1S/C18H16F3N3O5S/c1-11-14(20)8-12(9-16(11)24(26)27)18(25)22-4-6-23(7-5-22)30(28,29)17-3-2-13(19)10-15(17)21/h2-3,8-10H,4-7H2,1H3. The number of sulfonamides is 1. The molecule has 1 aliphatic heterocycles. The number of halogens is 3. The molecular formula is C18H16F3N3O5S. The zero-order chi connectivity index (χ0) is 22.2. The lowest BCUT2D eigenvalue weighted by Gasteiger charge is -2.34. The fourth-order valence-corrected chi connectivity index (χ4v) is 4.58. The maximum absolute atomic E-state index is 14.0. The van der Waals surface area contributed by atoms with Crippen LogP contribution in [0, 0.1) is 34.5 Å². The molecule has 1 amide bonds. The van der Waals surface area contributed by atoms with Gasteiger partial charge in [0.15, 0.2) is 0 Å². The van der Waals surface area contributed by atoms with Crippen molar-refractivity contribution in [2.24, 2.45) is 0 Å². The summed E-state index contributed by atoms with van der Waals surface area (Å²) < 4.78 is 67.1. The van der Waals surface area contributed by atoms with Crippen LogP contribution in [-0.2, 0) is 10.0 Å². The first-order valence-corrected chi connectivity index (χ1v) is 10.2. The van der Waals surface area contributed by atoms with Gasteiger partial charge in [-0.05, 0) is 25.1 Å². The molecule has 1 aliphatic rings. The molecule has 0 unspecified atom stereocenters. The largest absolute Gasteiger partial charge is 0.336 e. The van der Waals surface area contributed by atoms with Gasteiger partial charge in [-0.3, -0.25) is 14.9 Å². The van der Waals surface area contributed by atoms with E-state index in [9.17, 15) is 36.5 Å². The molecule has 12 heteroatoms. The second kappa shape index (κ2) is 8.03. The van der Waals surface area contributed by atoms with Gasteiger partial charge in [0, 0.05) is 43.9 Å². The van der Waals surface area contributed by atoms with Gasteiger partial charge in [0.2, 0.25) is 10.0 Å². The molecule has 0 saturated carbocycles. The van der Waals surface area contributed by atoms with Gasteiger partial charge in [0.1, 0.15) is 22.3 Å². The summed E-state index contributed by atoms with van der Waals surface area (Å²) in [4.78, 5) is 23.4. The van der Waals surface area contributed by atoms with Crippen molar-refractivity contribution in [3.8, 4) is 0 Å². The smallest absolute Gasteiger partial charge is 0.276 e. The fraction of sp³-hybridized carbons (Fsp3) is 0.278. The van der Waals surface area contributed by atoms with Crippen molar-refractivity contribution in [3.05, 3.63) is 69.0 Å². The third-order valence-corrected chi connectivity index (χ3v) is 6.73. The van der Waals surface area contributed by atoms with Crippen LogP contribution in [0.1, 0.15) is 15.9 Å². The fourth-order valence-electron chi connectivity index (χ4n) is 3.12. The first kappa shape index (κ1) is 21.7. The van der Waals surface area contributed by atoms with E-state index in [1.165, 1.54) is 11.8 Å². The molecule has 0 radical (unpaired) electrons. The second-order valence-electron chi connectivity index (χ2n) is 6.63. The van der Waals surface area contributed by atoms with E-state index in [2.05, 4.69) is 0 Å². The Hall–Kier alpha value is -2.99. The second-order valence-corrected chi connectivity index (χ2v) is 8.54. The summed E-state index contributed by atoms with van der Waals surface area (Å²) in [6.07, 6.45) is 0. The number of nitrogens with zero attached hydrogens (tertiary/aromatic N) is 3. The van der Waals surface area contributed by atoms with Crippen LogP contribution in [0.5, 0.6) is 0 Å². The summed E-state index contributed by atoms with van der Waals surface area (Å²) in [6, 6.07) is 3.98. The number of nitro benzene ring substituents is 1.